The fourth-order valence-corrected chi connectivity index (χ4v) is 5.05. The molecule has 106 valence electrons. The second-order valence-corrected chi connectivity index (χ2v) is 8.42. The van der Waals surface area contributed by atoms with Gasteiger partial charge in [-0.3, -0.25) is 4.79 Å². The summed E-state index contributed by atoms with van der Waals surface area (Å²) in [4.78, 5) is 16.3. The Morgan fingerprint density at radius 1 is 1.45 bits per heavy atom. The highest BCUT2D eigenvalue weighted by Gasteiger charge is 2.33. The number of carbonyl (C=O) groups excluding carboxylic acids is 1. The molecule has 0 unspecified atom stereocenters. The summed E-state index contributed by atoms with van der Waals surface area (Å²) in [5, 5.41) is 3.77. The quantitative estimate of drug-likeness (QED) is 0.916. The van der Waals surface area contributed by atoms with Crippen LogP contribution < -0.4 is 5.32 Å². The molecule has 0 aliphatic carbocycles. The van der Waals surface area contributed by atoms with Gasteiger partial charge in [0.2, 0.25) is 5.91 Å². The first-order chi connectivity index (χ1) is 9.43. The Kier molecular flexibility index (Phi) is 3.43. The molecule has 1 aliphatic heterocycles. The number of hydrogen-bond acceptors (Lipinski definition) is 5. The number of aromatic nitrogens is 1. The topological polar surface area (TPSA) is 76.1 Å². The number of nitrogens with one attached hydrogen (secondary N) is 1. The number of hydrogen-bond donors (Lipinski definition) is 1. The first kappa shape index (κ1) is 13.8. The molecule has 1 saturated heterocycles. The molecule has 3 rings (SSSR count). The first-order valence-corrected chi connectivity index (χ1v) is 9.02. The average molecular weight is 331 g/mol. The monoisotopic (exact) mass is 330 g/mol. The van der Waals surface area contributed by atoms with Gasteiger partial charge in [-0.1, -0.05) is 22.9 Å². The number of thiazole rings is 1. The Morgan fingerprint density at radius 2 is 2.25 bits per heavy atom. The van der Waals surface area contributed by atoms with Crippen molar-refractivity contribution in [2.75, 3.05) is 16.8 Å². The van der Waals surface area contributed by atoms with Crippen LogP contribution in [0.25, 0.3) is 10.2 Å². The maximum Gasteiger partial charge on any atom is 0.230 e. The maximum atomic E-state index is 12.0. The molecule has 1 fully saturated rings. The van der Waals surface area contributed by atoms with Crippen LogP contribution in [0.4, 0.5) is 5.13 Å². The number of benzene rings is 1. The van der Waals surface area contributed by atoms with Crippen molar-refractivity contribution < 1.29 is 13.2 Å². The van der Waals surface area contributed by atoms with Gasteiger partial charge in [-0.05, 0) is 24.6 Å². The van der Waals surface area contributed by atoms with Crippen molar-refractivity contribution >= 4 is 54.0 Å². The lowest BCUT2D eigenvalue weighted by molar-refractivity contribution is -0.119. The van der Waals surface area contributed by atoms with Crippen molar-refractivity contribution in [1.29, 1.82) is 0 Å². The molecule has 1 N–H and O–H groups in total. The van der Waals surface area contributed by atoms with Crippen LogP contribution in [-0.4, -0.2) is 30.8 Å². The number of sulfone groups is 1. The number of rotatable bonds is 2. The van der Waals surface area contributed by atoms with Gasteiger partial charge in [0, 0.05) is 5.02 Å². The number of amides is 1. The summed E-state index contributed by atoms with van der Waals surface area (Å²) in [6.45, 7) is 0. The van der Waals surface area contributed by atoms with Gasteiger partial charge in [0.25, 0.3) is 0 Å². The van der Waals surface area contributed by atoms with E-state index >= 15 is 0 Å². The van der Waals surface area contributed by atoms with Gasteiger partial charge in [0.05, 0.1) is 27.6 Å². The van der Waals surface area contributed by atoms with E-state index in [0.29, 0.717) is 16.6 Å². The minimum absolute atomic E-state index is 0.0739. The number of anilines is 1. The zero-order chi connectivity index (χ0) is 14.3. The number of fused-ring (bicyclic) bond motifs is 1. The standard InChI is InChI=1S/C12H11ClN2O3S2/c13-8-1-2-9-10(5-8)19-12(14-9)15-11(16)7-3-4-20(17,18)6-7/h1-2,5,7H,3-4,6H2,(H,14,15,16)/t7-/m1/s1. The highest BCUT2D eigenvalue weighted by Crippen LogP contribution is 2.29. The van der Waals surface area contributed by atoms with E-state index in [1.807, 2.05) is 0 Å². The second kappa shape index (κ2) is 4.98. The molecule has 1 amide bonds. The minimum atomic E-state index is -3.06. The SMILES string of the molecule is O=C(Nc1nc2ccc(Cl)cc2s1)[C@@H]1CCS(=O)(=O)C1. The molecule has 0 bridgehead atoms. The molecule has 5 nitrogen and oxygen atoms in total. The Hall–Kier alpha value is -1.18. The van der Waals surface area contributed by atoms with E-state index in [4.69, 9.17) is 11.6 Å². The Balaban J connectivity index is 1.78. The molecule has 1 aromatic carbocycles. The molecule has 1 atom stereocenters. The summed E-state index contributed by atoms with van der Waals surface area (Å²) < 4.78 is 23.6. The molecule has 20 heavy (non-hydrogen) atoms. The van der Waals surface area contributed by atoms with Gasteiger partial charge < -0.3 is 5.32 Å². The van der Waals surface area contributed by atoms with Gasteiger partial charge in [0.15, 0.2) is 15.0 Å². The van der Waals surface area contributed by atoms with Gasteiger partial charge in [0.1, 0.15) is 0 Å². The summed E-state index contributed by atoms with van der Waals surface area (Å²) in [7, 11) is -3.06. The van der Waals surface area contributed by atoms with Crippen molar-refractivity contribution in [3.8, 4) is 0 Å². The van der Waals surface area contributed by atoms with Crippen molar-refractivity contribution in [2.24, 2.45) is 5.92 Å². The fraction of sp³-hybridized carbons (Fsp3) is 0.333. The molecular formula is C12H11ClN2O3S2. The lowest BCUT2D eigenvalue weighted by Gasteiger charge is -2.05. The lowest BCUT2D eigenvalue weighted by atomic mass is 10.1. The summed E-state index contributed by atoms with van der Waals surface area (Å²) in [6, 6.07) is 5.30. The van der Waals surface area contributed by atoms with E-state index in [-0.39, 0.29) is 17.4 Å². The smallest absolute Gasteiger partial charge is 0.230 e. The Morgan fingerprint density at radius 3 is 2.95 bits per heavy atom. The molecule has 2 heterocycles. The lowest BCUT2D eigenvalue weighted by Crippen LogP contribution is -2.23. The van der Waals surface area contributed by atoms with Crippen LogP contribution in [0.1, 0.15) is 6.42 Å². The third kappa shape index (κ3) is 2.79. The Labute approximate surface area is 124 Å². The first-order valence-electron chi connectivity index (χ1n) is 6.00. The summed E-state index contributed by atoms with van der Waals surface area (Å²) >= 11 is 7.22. The van der Waals surface area contributed by atoms with Crippen molar-refractivity contribution in [3.63, 3.8) is 0 Å². The third-order valence-electron chi connectivity index (χ3n) is 3.18. The molecule has 1 aliphatic rings. The zero-order valence-electron chi connectivity index (χ0n) is 10.3. The molecule has 2 aromatic rings. The van der Waals surface area contributed by atoms with Crippen LogP contribution >= 0.6 is 22.9 Å². The Bertz CT molecular complexity index is 785. The minimum Gasteiger partial charge on any atom is -0.302 e. The van der Waals surface area contributed by atoms with Crippen LogP contribution in [0.3, 0.4) is 0 Å². The third-order valence-corrected chi connectivity index (χ3v) is 6.12. The van der Waals surface area contributed by atoms with E-state index in [1.165, 1.54) is 11.3 Å². The van der Waals surface area contributed by atoms with Crippen molar-refractivity contribution in [3.05, 3.63) is 23.2 Å². The van der Waals surface area contributed by atoms with E-state index in [1.54, 1.807) is 18.2 Å². The highest BCUT2D eigenvalue weighted by molar-refractivity contribution is 7.91. The summed E-state index contributed by atoms with van der Waals surface area (Å²) in [5.74, 6) is -0.748. The van der Waals surface area contributed by atoms with Gasteiger partial charge in [-0.25, -0.2) is 13.4 Å². The van der Waals surface area contributed by atoms with Crippen LogP contribution in [0, 0.1) is 5.92 Å². The van der Waals surface area contributed by atoms with Gasteiger partial charge in [-0.15, -0.1) is 0 Å². The van der Waals surface area contributed by atoms with Crippen LogP contribution in [0.2, 0.25) is 5.02 Å². The van der Waals surface area contributed by atoms with Crippen LogP contribution in [0.5, 0.6) is 0 Å². The van der Waals surface area contributed by atoms with Crippen molar-refractivity contribution in [2.45, 2.75) is 6.42 Å². The van der Waals surface area contributed by atoms with E-state index in [9.17, 15) is 13.2 Å². The second-order valence-electron chi connectivity index (χ2n) is 4.72. The maximum absolute atomic E-state index is 12.0. The zero-order valence-corrected chi connectivity index (χ0v) is 12.7. The normalized spacial score (nSPS) is 21.1. The molecule has 0 spiro atoms. The van der Waals surface area contributed by atoms with Gasteiger partial charge in [-0.2, -0.15) is 0 Å². The predicted octanol–water partition coefficient (Wildman–Crippen LogP) is 2.32. The van der Waals surface area contributed by atoms with E-state index in [0.717, 1.165) is 10.2 Å². The average Bonchev–Trinajstić information content (AvgIpc) is 2.91. The number of halogens is 1. The predicted molar refractivity (Wildman–Crippen MR) is 80.0 cm³/mol. The van der Waals surface area contributed by atoms with Crippen LogP contribution in [-0.2, 0) is 14.6 Å². The largest absolute Gasteiger partial charge is 0.302 e. The summed E-state index contributed by atoms with van der Waals surface area (Å²) in [5.41, 5.74) is 0.758. The van der Waals surface area contributed by atoms with Gasteiger partial charge >= 0.3 is 0 Å². The molecule has 0 saturated carbocycles. The fourth-order valence-electron chi connectivity index (χ4n) is 2.16. The summed E-state index contributed by atoms with van der Waals surface area (Å²) in [6.07, 6.45) is 0.380. The van der Waals surface area contributed by atoms with Crippen molar-refractivity contribution in [1.82, 2.24) is 4.98 Å². The van der Waals surface area contributed by atoms with E-state index < -0.39 is 15.8 Å². The number of nitrogens with zero attached hydrogens (tertiary/aromatic N) is 1. The highest BCUT2D eigenvalue weighted by atomic mass is 35.5. The number of carbonyl (C=O) groups is 1. The molecule has 0 radical (unpaired) electrons. The molecular weight excluding hydrogens is 320 g/mol. The molecule has 1 aromatic heterocycles. The van der Waals surface area contributed by atoms with Crippen LogP contribution in [0.15, 0.2) is 18.2 Å². The molecule has 8 heteroatoms. The van der Waals surface area contributed by atoms with E-state index in [2.05, 4.69) is 10.3 Å².